The number of hydrogen-bond acceptors (Lipinski definition) is 2. The van der Waals surface area contributed by atoms with Gasteiger partial charge in [-0.05, 0) is 76.5 Å². The smallest absolute Gasteiger partial charge is 0.310 e. The molecule has 0 aromatic heterocycles. The Morgan fingerprint density at radius 1 is 1.21 bits per heavy atom. The van der Waals surface area contributed by atoms with Crippen molar-refractivity contribution in [1.82, 2.24) is 0 Å². The Hall–Kier alpha value is -0.790. The van der Waals surface area contributed by atoms with Crippen molar-refractivity contribution in [2.45, 2.75) is 59.0 Å². The third kappa shape index (κ3) is 2.59. The first-order valence-electron chi connectivity index (χ1n) is 7.74. The molecule has 0 aromatic carbocycles. The first kappa shape index (κ1) is 13.2. The molecule has 0 heterocycles. The van der Waals surface area contributed by atoms with Gasteiger partial charge in [0.05, 0.1) is 6.42 Å². The molecule has 0 aromatic rings. The highest BCUT2D eigenvalue weighted by Crippen LogP contribution is 2.69. The third-order valence-corrected chi connectivity index (χ3v) is 5.12. The van der Waals surface area contributed by atoms with E-state index in [4.69, 9.17) is 4.74 Å². The number of fused-ring (bicyclic) bond motifs is 5. The van der Waals surface area contributed by atoms with Gasteiger partial charge in [0.25, 0.3) is 0 Å². The van der Waals surface area contributed by atoms with Gasteiger partial charge in [0.2, 0.25) is 0 Å². The maximum Gasteiger partial charge on any atom is 0.310 e. The van der Waals surface area contributed by atoms with E-state index in [1.807, 2.05) is 20.8 Å². The summed E-state index contributed by atoms with van der Waals surface area (Å²) in [7, 11) is 0. The highest BCUT2D eigenvalue weighted by molar-refractivity contribution is 5.72. The maximum atomic E-state index is 11.8. The molecule has 3 rings (SSSR count). The lowest BCUT2D eigenvalue weighted by Gasteiger charge is -2.19. The molecule has 0 saturated heterocycles. The molecule has 0 amide bonds. The SMILES string of the molecule is C/C(=C/C1[C@@H]2[C@H]3CC[C@H](C3)[C@H]12)CC(=O)OC(C)(C)C. The second kappa shape index (κ2) is 4.36. The highest BCUT2D eigenvalue weighted by atomic mass is 16.6. The molecule has 2 bridgehead atoms. The number of allylic oxidation sites excluding steroid dienone is 1. The van der Waals surface area contributed by atoms with Crippen LogP contribution in [-0.4, -0.2) is 11.6 Å². The Kier molecular flexibility index (Phi) is 3.03. The minimum Gasteiger partial charge on any atom is -0.460 e. The molecule has 3 fully saturated rings. The number of ether oxygens (including phenoxy) is 1. The summed E-state index contributed by atoms with van der Waals surface area (Å²) < 4.78 is 5.38. The molecule has 0 N–H and O–H groups in total. The van der Waals surface area contributed by atoms with E-state index in [-0.39, 0.29) is 11.6 Å². The fourth-order valence-corrected chi connectivity index (χ4v) is 4.61. The van der Waals surface area contributed by atoms with Gasteiger partial charge in [-0.3, -0.25) is 4.79 Å². The molecule has 19 heavy (non-hydrogen) atoms. The van der Waals surface area contributed by atoms with Gasteiger partial charge in [-0.1, -0.05) is 11.6 Å². The summed E-state index contributed by atoms with van der Waals surface area (Å²) in [5, 5.41) is 0. The van der Waals surface area contributed by atoms with Crippen LogP contribution in [-0.2, 0) is 9.53 Å². The van der Waals surface area contributed by atoms with Gasteiger partial charge in [-0.25, -0.2) is 0 Å². The average molecular weight is 262 g/mol. The van der Waals surface area contributed by atoms with Gasteiger partial charge in [0.1, 0.15) is 5.60 Å². The number of esters is 1. The van der Waals surface area contributed by atoms with Crippen LogP contribution >= 0.6 is 0 Å². The Morgan fingerprint density at radius 3 is 2.32 bits per heavy atom. The predicted molar refractivity (Wildman–Crippen MR) is 75.5 cm³/mol. The number of rotatable bonds is 3. The van der Waals surface area contributed by atoms with Crippen molar-refractivity contribution in [3.05, 3.63) is 11.6 Å². The standard InChI is InChI=1S/C17H26O2/c1-10(8-14(18)19-17(2,3)4)7-13-15-11-5-6-12(9-11)16(13)15/h7,11-13,15-16H,5-6,8-9H2,1-4H3/b10-7-/t11-,12+,13?,15-,16+. The molecule has 3 aliphatic carbocycles. The second-order valence-corrected chi connectivity index (χ2v) is 7.84. The topological polar surface area (TPSA) is 26.3 Å². The van der Waals surface area contributed by atoms with Crippen LogP contribution in [0.4, 0.5) is 0 Å². The number of carbonyl (C=O) groups is 1. The zero-order valence-corrected chi connectivity index (χ0v) is 12.6. The van der Waals surface area contributed by atoms with Gasteiger partial charge in [0.15, 0.2) is 0 Å². The fraction of sp³-hybridized carbons (Fsp3) is 0.824. The summed E-state index contributed by atoms with van der Waals surface area (Å²) in [6, 6.07) is 0. The normalized spacial score (nSPS) is 40.2. The van der Waals surface area contributed by atoms with Gasteiger partial charge >= 0.3 is 5.97 Å². The second-order valence-electron chi connectivity index (χ2n) is 7.84. The van der Waals surface area contributed by atoms with E-state index in [0.717, 1.165) is 29.6 Å². The molecule has 106 valence electrons. The lowest BCUT2D eigenvalue weighted by molar-refractivity contribution is -0.153. The van der Waals surface area contributed by atoms with E-state index in [0.29, 0.717) is 6.42 Å². The zero-order chi connectivity index (χ0) is 13.8. The van der Waals surface area contributed by atoms with E-state index in [1.54, 1.807) is 0 Å². The molecular weight excluding hydrogens is 236 g/mol. The van der Waals surface area contributed by atoms with Crippen LogP contribution in [0.3, 0.4) is 0 Å². The lowest BCUT2D eigenvalue weighted by Crippen LogP contribution is -2.23. The van der Waals surface area contributed by atoms with Crippen molar-refractivity contribution in [2.24, 2.45) is 29.6 Å². The molecule has 1 unspecified atom stereocenters. The lowest BCUT2D eigenvalue weighted by atomic mass is 10.0. The third-order valence-electron chi connectivity index (χ3n) is 5.12. The Labute approximate surface area is 116 Å². The average Bonchev–Trinajstić information content (AvgIpc) is 2.67. The van der Waals surface area contributed by atoms with Crippen molar-refractivity contribution in [3.8, 4) is 0 Å². The molecule has 2 heteroatoms. The molecule has 3 aliphatic rings. The molecule has 0 spiro atoms. The van der Waals surface area contributed by atoms with Crippen molar-refractivity contribution in [2.75, 3.05) is 0 Å². The van der Waals surface area contributed by atoms with Crippen LogP contribution in [0.1, 0.15) is 53.4 Å². The van der Waals surface area contributed by atoms with Gasteiger partial charge in [-0.2, -0.15) is 0 Å². The molecule has 5 atom stereocenters. The summed E-state index contributed by atoms with van der Waals surface area (Å²) in [5.41, 5.74) is 0.833. The van der Waals surface area contributed by atoms with Crippen molar-refractivity contribution in [3.63, 3.8) is 0 Å². The van der Waals surface area contributed by atoms with E-state index >= 15 is 0 Å². The van der Waals surface area contributed by atoms with E-state index in [1.165, 1.54) is 24.8 Å². The summed E-state index contributed by atoms with van der Waals surface area (Å²) in [4.78, 5) is 11.8. The van der Waals surface area contributed by atoms with Crippen LogP contribution in [0.25, 0.3) is 0 Å². The summed E-state index contributed by atoms with van der Waals surface area (Å²) in [6.07, 6.45) is 7.25. The van der Waals surface area contributed by atoms with Crippen LogP contribution in [0.2, 0.25) is 0 Å². The monoisotopic (exact) mass is 262 g/mol. The maximum absolute atomic E-state index is 11.8. The van der Waals surface area contributed by atoms with Gasteiger partial charge in [-0.15, -0.1) is 0 Å². The first-order valence-corrected chi connectivity index (χ1v) is 7.74. The summed E-state index contributed by atoms with van der Waals surface area (Å²) in [5.74, 6) is 4.64. The first-order chi connectivity index (χ1) is 8.85. The predicted octanol–water partition coefficient (Wildman–Crippen LogP) is 3.96. The highest BCUT2D eigenvalue weighted by Gasteiger charge is 2.63. The zero-order valence-electron chi connectivity index (χ0n) is 12.6. The Bertz CT molecular complexity index is 399. The quantitative estimate of drug-likeness (QED) is 0.568. The van der Waals surface area contributed by atoms with Gasteiger partial charge in [0, 0.05) is 0 Å². The van der Waals surface area contributed by atoms with Crippen molar-refractivity contribution < 1.29 is 9.53 Å². The van der Waals surface area contributed by atoms with E-state index in [9.17, 15) is 4.79 Å². The van der Waals surface area contributed by atoms with Crippen molar-refractivity contribution in [1.29, 1.82) is 0 Å². The van der Waals surface area contributed by atoms with Crippen LogP contribution in [0, 0.1) is 29.6 Å². The van der Waals surface area contributed by atoms with Crippen LogP contribution in [0.5, 0.6) is 0 Å². The minimum absolute atomic E-state index is 0.0879. The van der Waals surface area contributed by atoms with E-state index < -0.39 is 0 Å². The minimum atomic E-state index is -0.368. The summed E-state index contributed by atoms with van der Waals surface area (Å²) in [6.45, 7) is 7.85. The molecule has 3 saturated carbocycles. The molecule has 2 nitrogen and oxygen atoms in total. The molecular formula is C17H26O2. The van der Waals surface area contributed by atoms with Crippen molar-refractivity contribution >= 4 is 5.97 Å². The summed E-state index contributed by atoms with van der Waals surface area (Å²) >= 11 is 0. The fourth-order valence-electron chi connectivity index (χ4n) is 4.61. The van der Waals surface area contributed by atoms with E-state index in [2.05, 4.69) is 13.0 Å². The Morgan fingerprint density at radius 2 is 1.79 bits per heavy atom. The number of carbonyl (C=O) groups excluding carboxylic acids is 1. The molecule has 0 radical (unpaired) electrons. The van der Waals surface area contributed by atoms with Crippen LogP contribution < -0.4 is 0 Å². The molecule has 0 aliphatic heterocycles. The van der Waals surface area contributed by atoms with Gasteiger partial charge < -0.3 is 4.74 Å². The number of hydrogen-bond donors (Lipinski definition) is 0. The van der Waals surface area contributed by atoms with Crippen LogP contribution in [0.15, 0.2) is 11.6 Å². The Balaban J connectivity index is 1.53. The largest absolute Gasteiger partial charge is 0.460 e.